The first-order valence-corrected chi connectivity index (χ1v) is 3.98. The number of halogens is 3. The molecule has 0 spiro atoms. The van der Waals surface area contributed by atoms with Crippen molar-refractivity contribution in [1.29, 1.82) is 5.26 Å². The Morgan fingerprint density at radius 3 is 2.40 bits per heavy atom. The maximum absolute atomic E-state index is 12.5. The fourth-order valence-electron chi connectivity index (χ4n) is 1.31. The van der Waals surface area contributed by atoms with E-state index in [1.165, 1.54) is 19.1 Å². The van der Waals surface area contributed by atoms with Crippen molar-refractivity contribution >= 4 is 6.29 Å². The van der Waals surface area contributed by atoms with Crippen LogP contribution in [0.15, 0.2) is 12.1 Å². The lowest BCUT2D eigenvalue weighted by Crippen LogP contribution is -2.11. The Bertz CT molecular complexity index is 443. The van der Waals surface area contributed by atoms with Crippen LogP contribution in [0.3, 0.4) is 0 Å². The molecule has 0 heterocycles. The summed E-state index contributed by atoms with van der Waals surface area (Å²) in [6.07, 6.45) is -4.28. The second-order valence-corrected chi connectivity index (χ2v) is 2.93. The Morgan fingerprint density at radius 2 is 2.00 bits per heavy atom. The summed E-state index contributed by atoms with van der Waals surface area (Å²) in [6, 6.07) is 3.66. The lowest BCUT2D eigenvalue weighted by molar-refractivity contribution is -0.138. The third-order valence-corrected chi connectivity index (χ3v) is 2.04. The van der Waals surface area contributed by atoms with Crippen molar-refractivity contribution in [3.05, 3.63) is 34.4 Å². The summed E-state index contributed by atoms with van der Waals surface area (Å²) < 4.78 is 37.6. The first-order valence-electron chi connectivity index (χ1n) is 3.98. The molecule has 0 aliphatic carbocycles. The van der Waals surface area contributed by atoms with Crippen molar-refractivity contribution in [2.24, 2.45) is 0 Å². The molecule has 0 saturated carbocycles. The number of carbonyl (C=O) groups is 1. The molecule has 5 heteroatoms. The van der Waals surface area contributed by atoms with Crippen molar-refractivity contribution in [1.82, 2.24) is 0 Å². The minimum absolute atomic E-state index is 0.0543. The van der Waals surface area contributed by atoms with Gasteiger partial charge in [0.1, 0.15) is 6.29 Å². The molecule has 78 valence electrons. The predicted molar refractivity (Wildman–Crippen MR) is 46.3 cm³/mol. The molecule has 0 aliphatic heterocycles. The molecule has 0 aliphatic rings. The first-order chi connectivity index (χ1) is 6.91. The van der Waals surface area contributed by atoms with Crippen LogP contribution in [0.5, 0.6) is 0 Å². The van der Waals surface area contributed by atoms with Crippen LogP contribution in [-0.2, 0) is 6.18 Å². The van der Waals surface area contributed by atoms with Gasteiger partial charge in [0.05, 0.1) is 17.2 Å². The molecule has 1 aromatic carbocycles. The van der Waals surface area contributed by atoms with Crippen LogP contribution in [0.2, 0.25) is 0 Å². The molecule has 0 unspecified atom stereocenters. The van der Waals surface area contributed by atoms with Gasteiger partial charge in [-0.15, -0.1) is 0 Å². The topological polar surface area (TPSA) is 40.9 Å². The number of benzene rings is 1. The Morgan fingerprint density at radius 1 is 1.40 bits per heavy atom. The van der Waals surface area contributed by atoms with Crippen molar-refractivity contribution in [2.75, 3.05) is 0 Å². The standard InChI is InChI=1S/C10H6F3NO/c1-6-8(5-15)3-2-7(4-14)9(6)10(11,12)13/h2-3,5H,1H3. The third kappa shape index (κ3) is 1.99. The average molecular weight is 213 g/mol. The first kappa shape index (κ1) is 11.2. The summed E-state index contributed by atoms with van der Waals surface area (Å²) in [5.74, 6) is 0. The maximum atomic E-state index is 12.5. The number of alkyl halides is 3. The van der Waals surface area contributed by atoms with Gasteiger partial charge >= 0.3 is 6.18 Å². The smallest absolute Gasteiger partial charge is 0.298 e. The van der Waals surface area contributed by atoms with Gasteiger partial charge < -0.3 is 0 Å². The highest BCUT2D eigenvalue weighted by Crippen LogP contribution is 2.35. The van der Waals surface area contributed by atoms with Crippen molar-refractivity contribution in [3.63, 3.8) is 0 Å². The Hall–Kier alpha value is -1.83. The molecule has 1 aromatic rings. The van der Waals surface area contributed by atoms with Gasteiger partial charge in [-0.1, -0.05) is 6.07 Å². The summed E-state index contributed by atoms with van der Waals surface area (Å²) in [4.78, 5) is 10.5. The number of nitriles is 1. The van der Waals surface area contributed by atoms with Crippen molar-refractivity contribution in [2.45, 2.75) is 13.1 Å². The molecule has 0 bridgehead atoms. The van der Waals surface area contributed by atoms with E-state index in [2.05, 4.69) is 0 Å². The van der Waals surface area contributed by atoms with E-state index in [4.69, 9.17) is 5.26 Å². The minimum Gasteiger partial charge on any atom is -0.298 e. The second kappa shape index (κ2) is 3.73. The number of rotatable bonds is 1. The van der Waals surface area contributed by atoms with Gasteiger partial charge in [0.2, 0.25) is 0 Å². The van der Waals surface area contributed by atoms with E-state index in [1.807, 2.05) is 0 Å². The van der Waals surface area contributed by atoms with E-state index in [-0.39, 0.29) is 11.1 Å². The van der Waals surface area contributed by atoms with E-state index in [9.17, 15) is 18.0 Å². The summed E-state index contributed by atoms with van der Waals surface area (Å²) >= 11 is 0. The van der Waals surface area contributed by atoms with Gasteiger partial charge in [-0.25, -0.2) is 0 Å². The summed E-state index contributed by atoms with van der Waals surface area (Å²) in [6.45, 7) is 1.17. The highest BCUT2D eigenvalue weighted by atomic mass is 19.4. The Kier molecular flexibility index (Phi) is 2.80. The average Bonchev–Trinajstić information content (AvgIpc) is 2.15. The van der Waals surface area contributed by atoms with E-state index in [0.717, 1.165) is 6.07 Å². The molecule has 0 amide bonds. The summed E-state index contributed by atoms with van der Waals surface area (Å²) in [5, 5.41) is 8.53. The number of carbonyl (C=O) groups excluding carboxylic acids is 1. The van der Waals surface area contributed by atoms with Crippen LogP contribution >= 0.6 is 0 Å². The number of nitrogens with zero attached hydrogens (tertiary/aromatic N) is 1. The van der Waals surface area contributed by atoms with Gasteiger partial charge in [0.25, 0.3) is 0 Å². The second-order valence-electron chi connectivity index (χ2n) is 2.93. The molecule has 2 nitrogen and oxygen atoms in total. The lowest BCUT2D eigenvalue weighted by atomic mass is 9.98. The number of aldehydes is 1. The molecule has 1 rings (SSSR count). The van der Waals surface area contributed by atoms with E-state index < -0.39 is 17.3 Å². The predicted octanol–water partition coefficient (Wildman–Crippen LogP) is 2.70. The van der Waals surface area contributed by atoms with Gasteiger partial charge in [0.15, 0.2) is 0 Å². The molecule has 0 radical (unpaired) electrons. The van der Waals surface area contributed by atoms with E-state index in [1.54, 1.807) is 0 Å². The lowest BCUT2D eigenvalue weighted by Gasteiger charge is -2.12. The SMILES string of the molecule is Cc1c(C=O)ccc(C#N)c1C(F)(F)F. The van der Waals surface area contributed by atoms with Gasteiger partial charge in [-0.2, -0.15) is 18.4 Å². The number of hydrogen-bond acceptors (Lipinski definition) is 2. The molecular formula is C10H6F3NO. The summed E-state index contributed by atoms with van der Waals surface area (Å²) in [7, 11) is 0. The van der Waals surface area contributed by atoms with Gasteiger partial charge in [-0.05, 0) is 18.6 Å². The zero-order valence-electron chi connectivity index (χ0n) is 7.72. The molecule has 0 fully saturated rings. The zero-order valence-corrected chi connectivity index (χ0v) is 7.72. The highest BCUT2D eigenvalue weighted by molar-refractivity contribution is 5.78. The van der Waals surface area contributed by atoms with Crippen LogP contribution in [-0.4, -0.2) is 6.29 Å². The molecule has 0 aromatic heterocycles. The van der Waals surface area contributed by atoms with Crippen LogP contribution in [0, 0.1) is 18.3 Å². The van der Waals surface area contributed by atoms with Gasteiger partial charge in [-0.3, -0.25) is 4.79 Å². The molecule has 0 atom stereocenters. The van der Waals surface area contributed by atoms with E-state index >= 15 is 0 Å². The fraction of sp³-hybridized carbons (Fsp3) is 0.200. The van der Waals surface area contributed by atoms with Crippen LogP contribution in [0.25, 0.3) is 0 Å². The van der Waals surface area contributed by atoms with Crippen molar-refractivity contribution in [3.8, 4) is 6.07 Å². The van der Waals surface area contributed by atoms with E-state index in [0.29, 0.717) is 6.29 Å². The Balaban J connectivity index is 3.59. The monoisotopic (exact) mass is 213 g/mol. The quantitative estimate of drug-likeness (QED) is 0.673. The molecular weight excluding hydrogens is 207 g/mol. The summed E-state index contributed by atoms with van der Waals surface area (Å²) in [5.41, 5.74) is -1.77. The van der Waals surface area contributed by atoms with Crippen LogP contribution in [0.1, 0.15) is 27.0 Å². The third-order valence-electron chi connectivity index (χ3n) is 2.04. The molecule has 0 saturated heterocycles. The van der Waals surface area contributed by atoms with Gasteiger partial charge in [0, 0.05) is 5.56 Å². The van der Waals surface area contributed by atoms with Crippen LogP contribution in [0.4, 0.5) is 13.2 Å². The largest absolute Gasteiger partial charge is 0.417 e. The molecule has 0 N–H and O–H groups in total. The zero-order chi connectivity index (χ0) is 11.6. The van der Waals surface area contributed by atoms with Crippen LogP contribution < -0.4 is 0 Å². The fourth-order valence-corrected chi connectivity index (χ4v) is 1.31. The highest BCUT2D eigenvalue weighted by Gasteiger charge is 2.36. The van der Waals surface area contributed by atoms with Crippen molar-refractivity contribution < 1.29 is 18.0 Å². The maximum Gasteiger partial charge on any atom is 0.417 e. The Labute approximate surface area is 83.9 Å². The molecule has 15 heavy (non-hydrogen) atoms. The normalized spacial score (nSPS) is 10.9. The minimum atomic E-state index is -4.62. The number of hydrogen-bond donors (Lipinski definition) is 0.